The van der Waals surface area contributed by atoms with E-state index >= 15 is 0 Å². The van der Waals surface area contributed by atoms with E-state index in [1.165, 1.54) is 0 Å². The monoisotopic (exact) mass is 212 g/mol. The van der Waals surface area contributed by atoms with Gasteiger partial charge >= 0.3 is 0 Å². The summed E-state index contributed by atoms with van der Waals surface area (Å²) in [6.07, 6.45) is 7.39. The number of carbonyl (C=O) groups is 1. The minimum Gasteiger partial charge on any atom is -0.396 e. The summed E-state index contributed by atoms with van der Waals surface area (Å²) in [5.74, 6) is 0.109. The first-order valence-electron chi connectivity index (χ1n) is 5.77. The number of hydrogen-bond donors (Lipinski definition) is 2. The molecule has 0 radical (unpaired) electrons. The van der Waals surface area contributed by atoms with Crippen LogP contribution in [0, 0.1) is 0 Å². The minimum atomic E-state index is -0.540. The van der Waals surface area contributed by atoms with Crippen molar-refractivity contribution in [3.05, 3.63) is 11.6 Å². The summed E-state index contributed by atoms with van der Waals surface area (Å²) in [6.45, 7) is 0.274. The Hall–Kier alpha value is -0.670. The summed E-state index contributed by atoms with van der Waals surface area (Å²) >= 11 is 0. The maximum absolute atomic E-state index is 11.3. The number of Topliss-reactive ketones (excluding diaryl/α,β-unsaturated/α-hetero) is 1. The highest BCUT2D eigenvalue weighted by atomic mass is 16.3. The molecule has 1 rings (SSSR count). The lowest BCUT2D eigenvalue weighted by Crippen LogP contribution is -2.01. The summed E-state index contributed by atoms with van der Waals surface area (Å²) in [6, 6.07) is 0. The molecule has 1 atom stereocenters. The zero-order valence-corrected chi connectivity index (χ0v) is 9.11. The molecule has 3 heteroatoms. The van der Waals surface area contributed by atoms with Gasteiger partial charge in [-0.15, -0.1) is 0 Å². The Bertz CT molecular complexity index is 233. The zero-order valence-electron chi connectivity index (χ0n) is 9.11. The molecule has 0 aromatic rings. The van der Waals surface area contributed by atoms with Crippen molar-refractivity contribution in [1.29, 1.82) is 0 Å². The Balaban J connectivity index is 2.05. The molecule has 0 amide bonds. The molecule has 0 spiro atoms. The van der Waals surface area contributed by atoms with Gasteiger partial charge in [-0.2, -0.15) is 0 Å². The van der Waals surface area contributed by atoms with Gasteiger partial charge in [-0.25, -0.2) is 0 Å². The number of aliphatic hydroxyl groups excluding tert-OH is 2. The second kappa shape index (κ2) is 6.75. The highest BCUT2D eigenvalue weighted by Crippen LogP contribution is 2.20. The Morgan fingerprint density at radius 2 is 1.87 bits per heavy atom. The van der Waals surface area contributed by atoms with Crippen molar-refractivity contribution in [2.75, 3.05) is 6.61 Å². The smallest absolute Gasteiger partial charge is 0.161 e. The first-order chi connectivity index (χ1) is 7.24. The fraction of sp³-hybridized carbons (Fsp3) is 0.750. The van der Waals surface area contributed by atoms with Gasteiger partial charge in [-0.05, 0) is 30.9 Å². The normalized spacial score (nSPS) is 20.8. The van der Waals surface area contributed by atoms with Crippen molar-refractivity contribution in [2.24, 2.45) is 0 Å². The third-order valence-corrected chi connectivity index (χ3v) is 2.75. The van der Waals surface area contributed by atoms with Gasteiger partial charge in [-0.1, -0.05) is 19.3 Å². The molecule has 0 fully saturated rings. The van der Waals surface area contributed by atoms with E-state index in [0.29, 0.717) is 0 Å². The van der Waals surface area contributed by atoms with E-state index in [1.807, 2.05) is 0 Å². The molecule has 15 heavy (non-hydrogen) atoms. The predicted octanol–water partition coefficient (Wildman–Crippen LogP) is 1.58. The molecule has 1 aliphatic rings. The van der Waals surface area contributed by atoms with Crippen molar-refractivity contribution in [2.45, 2.75) is 51.0 Å². The van der Waals surface area contributed by atoms with E-state index in [4.69, 9.17) is 5.11 Å². The van der Waals surface area contributed by atoms with Crippen LogP contribution in [0.15, 0.2) is 11.6 Å². The van der Waals surface area contributed by atoms with Crippen LogP contribution < -0.4 is 0 Å². The van der Waals surface area contributed by atoms with E-state index in [9.17, 15) is 9.90 Å². The molecule has 0 bridgehead atoms. The summed E-state index contributed by atoms with van der Waals surface area (Å²) < 4.78 is 0. The maximum Gasteiger partial charge on any atom is 0.161 e. The van der Waals surface area contributed by atoms with Gasteiger partial charge in [0, 0.05) is 13.0 Å². The molecular weight excluding hydrogens is 192 g/mol. The largest absolute Gasteiger partial charge is 0.396 e. The number of ketones is 1. The number of unbranched alkanes of at least 4 members (excludes halogenated alkanes) is 4. The van der Waals surface area contributed by atoms with Crippen molar-refractivity contribution in [1.82, 2.24) is 0 Å². The fourth-order valence-electron chi connectivity index (χ4n) is 1.89. The molecule has 0 aliphatic heterocycles. The average molecular weight is 212 g/mol. The molecular formula is C12H20O3. The highest BCUT2D eigenvalue weighted by Gasteiger charge is 2.20. The van der Waals surface area contributed by atoms with Crippen LogP contribution in [0.1, 0.15) is 44.9 Å². The van der Waals surface area contributed by atoms with Gasteiger partial charge in [0.2, 0.25) is 0 Å². The first-order valence-corrected chi connectivity index (χ1v) is 5.77. The lowest BCUT2D eigenvalue weighted by atomic mass is 10.0. The van der Waals surface area contributed by atoms with Crippen molar-refractivity contribution >= 4 is 5.78 Å². The highest BCUT2D eigenvalue weighted by molar-refractivity contribution is 5.98. The standard InChI is InChI=1S/C12H20O3/c13-7-5-3-1-2-4-6-10-8-11(14)9-12(10)15/h8,11,13-14H,1-7,9H2/t11-/m0/s1. The van der Waals surface area contributed by atoms with Crippen LogP contribution >= 0.6 is 0 Å². The van der Waals surface area contributed by atoms with Crippen LogP contribution in [0.25, 0.3) is 0 Å². The Kier molecular flexibility index (Phi) is 5.58. The van der Waals surface area contributed by atoms with Gasteiger partial charge in [-0.3, -0.25) is 4.79 Å². The summed E-state index contributed by atoms with van der Waals surface area (Å²) in [7, 11) is 0. The number of allylic oxidation sites excluding steroid dienone is 1. The van der Waals surface area contributed by atoms with Crippen LogP contribution in [-0.2, 0) is 4.79 Å². The third-order valence-electron chi connectivity index (χ3n) is 2.75. The quantitative estimate of drug-likeness (QED) is 0.630. The predicted molar refractivity (Wildman–Crippen MR) is 58.5 cm³/mol. The maximum atomic E-state index is 11.3. The molecule has 0 saturated heterocycles. The average Bonchev–Trinajstić information content (AvgIpc) is 2.51. The van der Waals surface area contributed by atoms with Crippen molar-refractivity contribution in [3.63, 3.8) is 0 Å². The van der Waals surface area contributed by atoms with E-state index in [1.54, 1.807) is 6.08 Å². The summed E-state index contributed by atoms with van der Waals surface area (Å²) in [5.41, 5.74) is 0.810. The van der Waals surface area contributed by atoms with Crippen LogP contribution in [0.3, 0.4) is 0 Å². The van der Waals surface area contributed by atoms with E-state index in [-0.39, 0.29) is 18.8 Å². The lowest BCUT2D eigenvalue weighted by Gasteiger charge is -2.00. The zero-order chi connectivity index (χ0) is 11.1. The molecule has 2 N–H and O–H groups in total. The van der Waals surface area contributed by atoms with E-state index in [0.717, 1.165) is 44.1 Å². The Labute approximate surface area is 90.8 Å². The second-order valence-electron chi connectivity index (χ2n) is 4.13. The van der Waals surface area contributed by atoms with Crippen LogP contribution in [0.2, 0.25) is 0 Å². The van der Waals surface area contributed by atoms with Gasteiger partial charge in [0.1, 0.15) is 0 Å². The molecule has 1 aliphatic carbocycles. The van der Waals surface area contributed by atoms with Gasteiger partial charge in [0.05, 0.1) is 6.10 Å². The topological polar surface area (TPSA) is 57.5 Å². The van der Waals surface area contributed by atoms with Gasteiger partial charge in [0.25, 0.3) is 0 Å². The van der Waals surface area contributed by atoms with Gasteiger partial charge in [0.15, 0.2) is 5.78 Å². The number of aliphatic hydroxyl groups is 2. The summed E-state index contributed by atoms with van der Waals surface area (Å²) in [4.78, 5) is 11.3. The van der Waals surface area contributed by atoms with Crippen LogP contribution in [0.5, 0.6) is 0 Å². The first kappa shape index (κ1) is 12.4. The molecule has 0 aromatic carbocycles. The van der Waals surface area contributed by atoms with E-state index < -0.39 is 6.10 Å². The SMILES string of the molecule is O=C1C[C@@H](O)C=C1CCCCCCCO. The molecule has 0 unspecified atom stereocenters. The fourth-order valence-corrected chi connectivity index (χ4v) is 1.89. The Morgan fingerprint density at radius 3 is 2.47 bits per heavy atom. The van der Waals surface area contributed by atoms with Crippen LogP contribution in [0.4, 0.5) is 0 Å². The molecule has 3 nitrogen and oxygen atoms in total. The molecule has 0 saturated carbocycles. The summed E-state index contributed by atoms with van der Waals surface area (Å²) in [5, 5.41) is 17.8. The van der Waals surface area contributed by atoms with Crippen molar-refractivity contribution in [3.8, 4) is 0 Å². The molecule has 0 aromatic heterocycles. The third kappa shape index (κ3) is 4.58. The second-order valence-corrected chi connectivity index (χ2v) is 4.13. The number of carbonyl (C=O) groups excluding carboxylic acids is 1. The van der Waals surface area contributed by atoms with Gasteiger partial charge < -0.3 is 10.2 Å². The number of hydrogen-bond acceptors (Lipinski definition) is 3. The van der Waals surface area contributed by atoms with Crippen LogP contribution in [-0.4, -0.2) is 28.7 Å². The molecule has 0 heterocycles. The molecule has 86 valence electrons. The van der Waals surface area contributed by atoms with E-state index in [2.05, 4.69) is 0 Å². The lowest BCUT2D eigenvalue weighted by molar-refractivity contribution is -0.115. The minimum absolute atomic E-state index is 0.109. The number of rotatable bonds is 7. The Morgan fingerprint density at radius 1 is 1.20 bits per heavy atom. The van der Waals surface area contributed by atoms with Crippen molar-refractivity contribution < 1.29 is 15.0 Å².